The van der Waals surface area contributed by atoms with Gasteiger partial charge in [0.25, 0.3) is 11.5 Å². The summed E-state index contributed by atoms with van der Waals surface area (Å²) in [6.07, 6.45) is 3.66. The predicted molar refractivity (Wildman–Crippen MR) is 90.2 cm³/mol. The highest BCUT2D eigenvalue weighted by Crippen LogP contribution is 2.35. The van der Waals surface area contributed by atoms with Crippen molar-refractivity contribution in [2.24, 2.45) is 7.05 Å². The van der Waals surface area contributed by atoms with Crippen LogP contribution in [0, 0.1) is 6.92 Å². The van der Waals surface area contributed by atoms with Gasteiger partial charge in [-0.25, -0.2) is 4.68 Å². The number of hydrogen-bond donors (Lipinski definition) is 3. The number of nitrogens with zero attached hydrogens (tertiary/aromatic N) is 2. The summed E-state index contributed by atoms with van der Waals surface area (Å²) in [6, 6.07) is -1.17. The van der Waals surface area contributed by atoms with Crippen LogP contribution in [-0.4, -0.2) is 37.3 Å². The van der Waals surface area contributed by atoms with Crippen LogP contribution in [0.3, 0.4) is 0 Å². The molecule has 1 atom stereocenters. The Balaban J connectivity index is 2.26. The van der Waals surface area contributed by atoms with Gasteiger partial charge in [0.1, 0.15) is 17.1 Å². The van der Waals surface area contributed by atoms with Crippen molar-refractivity contribution in [1.29, 1.82) is 0 Å². The van der Waals surface area contributed by atoms with E-state index in [1.165, 1.54) is 18.7 Å². The molecule has 8 nitrogen and oxygen atoms in total. The Kier molecular flexibility index (Phi) is 4.06. The van der Waals surface area contributed by atoms with Gasteiger partial charge in [-0.05, 0) is 50.7 Å². The molecular formula is C17H21N3O5. The van der Waals surface area contributed by atoms with Gasteiger partial charge in [-0.15, -0.1) is 0 Å². The van der Waals surface area contributed by atoms with Crippen LogP contribution < -0.4 is 10.9 Å². The fourth-order valence-electron chi connectivity index (χ4n) is 3.62. The fraction of sp³-hybridized carbons (Fsp3) is 0.471. The van der Waals surface area contributed by atoms with Crippen LogP contribution in [0.4, 0.5) is 0 Å². The largest absolute Gasteiger partial charge is 0.505 e. The molecule has 0 spiro atoms. The first kappa shape index (κ1) is 17.1. The number of aromatic nitrogens is 2. The van der Waals surface area contributed by atoms with Crippen molar-refractivity contribution < 1.29 is 19.8 Å². The van der Waals surface area contributed by atoms with E-state index < -0.39 is 29.0 Å². The molecule has 0 saturated carbocycles. The van der Waals surface area contributed by atoms with Crippen LogP contribution in [0.2, 0.25) is 0 Å². The number of nitrogens with one attached hydrogen (secondary N) is 1. The minimum Gasteiger partial charge on any atom is -0.505 e. The Bertz CT molecular complexity index is 954. The van der Waals surface area contributed by atoms with E-state index >= 15 is 0 Å². The number of carboxylic acid groups (broad SMARTS) is 1. The zero-order valence-electron chi connectivity index (χ0n) is 14.4. The van der Waals surface area contributed by atoms with Gasteiger partial charge in [0.05, 0.1) is 0 Å². The molecule has 2 aromatic heterocycles. The molecule has 0 saturated heterocycles. The first-order valence-electron chi connectivity index (χ1n) is 8.24. The predicted octanol–water partition coefficient (Wildman–Crippen LogP) is 0.734. The third kappa shape index (κ3) is 2.48. The zero-order chi connectivity index (χ0) is 18.5. The van der Waals surface area contributed by atoms with Crippen LogP contribution >= 0.6 is 0 Å². The molecule has 2 aromatic rings. The number of aryl methyl sites for hydroxylation is 3. The number of carbonyl (C=O) groups excluding carboxylic acids is 1. The van der Waals surface area contributed by atoms with Crippen molar-refractivity contribution in [3.63, 3.8) is 0 Å². The first-order chi connectivity index (χ1) is 11.8. The second-order valence-electron chi connectivity index (χ2n) is 6.50. The lowest BCUT2D eigenvalue weighted by atomic mass is 9.92. The van der Waals surface area contributed by atoms with Gasteiger partial charge in [-0.2, -0.15) is 0 Å². The van der Waals surface area contributed by atoms with Crippen LogP contribution in [0.1, 0.15) is 46.9 Å². The Labute approximate surface area is 143 Å². The van der Waals surface area contributed by atoms with E-state index in [0.29, 0.717) is 5.52 Å². The van der Waals surface area contributed by atoms with E-state index in [1.54, 1.807) is 4.52 Å². The number of fused-ring (bicyclic) bond motifs is 3. The van der Waals surface area contributed by atoms with E-state index in [1.807, 2.05) is 6.92 Å². The van der Waals surface area contributed by atoms with Crippen LogP contribution in [0.5, 0.6) is 5.75 Å². The maximum absolute atomic E-state index is 12.6. The minimum atomic E-state index is -1.22. The minimum absolute atomic E-state index is 0.385. The number of aromatic hydroxyl groups is 1. The molecule has 0 aromatic carbocycles. The molecule has 3 rings (SSSR count). The maximum Gasteiger partial charge on any atom is 0.325 e. The molecule has 1 unspecified atom stereocenters. The van der Waals surface area contributed by atoms with Crippen molar-refractivity contribution in [3.8, 4) is 5.75 Å². The van der Waals surface area contributed by atoms with E-state index in [-0.39, 0.29) is 5.75 Å². The van der Waals surface area contributed by atoms with Gasteiger partial charge in [-0.1, -0.05) is 0 Å². The second kappa shape index (κ2) is 5.94. The van der Waals surface area contributed by atoms with Crippen molar-refractivity contribution in [2.75, 3.05) is 0 Å². The maximum atomic E-state index is 12.6. The van der Waals surface area contributed by atoms with E-state index in [4.69, 9.17) is 5.11 Å². The first-order valence-corrected chi connectivity index (χ1v) is 8.24. The van der Waals surface area contributed by atoms with Gasteiger partial charge in [-0.3, -0.25) is 18.9 Å². The molecule has 1 amide bonds. The number of amides is 1. The number of rotatable bonds is 3. The molecule has 0 fully saturated rings. The molecule has 134 valence electrons. The highest BCUT2D eigenvalue weighted by Gasteiger charge is 2.29. The molecule has 8 heteroatoms. The summed E-state index contributed by atoms with van der Waals surface area (Å²) >= 11 is 0. The van der Waals surface area contributed by atoms with Crippen LogP contribution in [-0.2, 0) is 24.7 Å². The van der Waals surface area contributed by atoms with Gasteiger partial charge in [0.15, 0.2) is 5.75 Å². The van der Waals surface area contributed by atoms with Crippen LogP contribution in [0.15, 0.2) is 4.79 Å². The number of aliphatic carboxylic acids is 1. The lowest BCUT2D eigenvalue weighted by Gasteiger charge is -2.15. The summed E-state index contributed by atoms with van der Waals surface area (Å²) in [7, 11) is 1.53. The monoisotopic (exact) mass is 347 g/mol. The van der Waals surface area contributed by atoms with Gasteiger partial charge >= 0.3 is 5.97 Å². The quantitative estimate of drug-likeness (QED) is 0.758. The van der Waals surface area contributed by atoms with Gasteiger partial charge in [0.2, 0.25) is 0 Å². The Hall–Kier alpha value is -2.77. The molecule has 0 aliphatic heterocycles. The summed E-state index contributed by atoms with van der Waals surface area (Å²) in [5.41, 5.74) is 2.31. The molecule has 1 aliphatic carbocycles. The van der Waals surface area contributed by atoms with Crippen molar-refractivity contribution >= 4 is 17.4 Å². The third-order valence-corrected chi connectivity index (χ3v) is 4.93. The summed E-state index contributed by atoms with van der Waals surface area (Å²) in [5, 5.41) is 21.9. The average molecular weight is 347 g/mol. The number of hydrogen-bond acceptors (Lipinski definition) is 4. The van der Waals surface area contributed by atoms with Gasteiger partial charge in [0, 0.05) is 12.7 Å². The van der Waals surface area contributed by atoms with E-state index in [9.17, 15) is 19.5 Å². The van der Waals surface area contributed by atoms with Crippen molar-refractivity contribution in [3.05, 3.63) is 32.7 Å². The summed E-state index contributed by atoms with van der Waals surface area (Å²) in [5.74, 6) is -2.50. The SMILES string of the molecule is Cc1c2c(c3c(O)c(C(=O)NC(C)C(=O)O)c(=O)n(C)n13)CCCC2. The lowest BCUT2D eigenvalue weighted by molar-refractivity contribution is -0.138. The Morgan fingerprint density at radius 3 is 2.40 bits per heavy atom. The van der Waals surface area contributed by atoms with Gasteiger partial charge < -0.3 is 15.5 Å². The molecule has 3 N–H and O–H groups in total. The van der Waals surface area contributed by atoms with E-state index in [0.717, 1.165) is 42.5 Å². The van der Waals surface area contributed by atoms with Crippen molar-refractivity contribution in [1.82, 2.24) is 14.5 Å². The molecule has 2 heterocycles. The topological polar surface area (TPSA) is 113 Å². The zero-order valence-corrected chi connectivity index (χ0v) is 14.4. The number of carbonyl (C=O) groups is 2. The Morgan fingerprint density at radius 1 is 1.20 bits per heavy atom. The van der Waals surface area contributed by atoms with E-state index in [2.05, 4.69) is 5.32 Å². The molecular weight excluding hydrogens is 326 g/mol. The fourth-order valence-corrected chi connectivity index (χ4v) is 3.62. The summed E-state index contributed by atoms with van der Waals surface area (Å²) in [4.78, 5) is 36.0. The highest BCUT2D eigenvalue weighted by atomic mass is 16.4. The Morgan fingerprint density at radius 2 is 1.80 bits per heavy atom. The lowest BCUT2D eigenvalue weighted by Crippen LogP contribution is -2.42. The average Bonchev–Trinajstić information content (AvgIpc) is 2.86. The summed E-state index contributed by atoms with van der Waals surface area (Å²) in [6.45, 7) is 3.19. The molecule has 0 bridgehead atoms. The third-order valence-electron chi connectivity index (χ3n) is 4.93. The second-order valence-corrected chi connectivity index (χ2v) is 6.50. The highest BCUT2D eigenvalue weighted by molar-refractivity contribution is 6.00. The molecule has 1 aliphatic rings. The molecule has 25 heavy (non-hydrogen) atoms. The number of carboxylic acids is 1. The smallest absolute Gasteiger partial charge is 0.325 e. The normalized spacial score (nSPS) is 15.0. The standard InChI is InChI=1S/C17H21N3O5/c1-8(17(24)25)18-15(22)12-14(21)13-11-7-5-4-6-10(11)9(2)20(13)19(3)16(12)23/h8,21H,4-7H2,1-3H3,(H,18,22)(H,24,25). The molecule has 0 radical (unpaired) electrons. The van der Waals surface area contributed by atoms with Crippen LogP contribution in [0.25, 0.3) is 5.52 Å². The van der Waals surface area contributed by atoms with Crippen molar-refractivity contribution in [2.45, 2.75) is 45.6 Å². The summed E-state index contributed by atoms with van der Waals surface area (Å²) < 4.78 is 2.94.